The van der Waals surface area contributed by atoms with Gasteiger partial charge in [-0.05, 0) is 44.0 Å². The third-order valence-corrected chi connectivity index (χ3v) is 5.23. The number of aromatic nitrogens is 4. The molecule has 0 unspecified atom stereocenters. The van der Waals surface area contributed by atoms with Crippen LogP contribution in [-0.4, -0.2) is 25.2 Å². The number of hydrogen-bond donors (Lipinski definition) is 0. The standard InChI is InChI=1S/C20H23N5O2/c1-12(2)11-25-18(26)16-17(22(5)20(25)27)21-19-23(8-9-24(16)19)15-7-6-13(3)14(4)10-15/h6-7,10H,1,8-9,11H2,2-5H3. The van der Waals surface area contributed by atoms with Crippen LogP contribution in [0.2, 0.25) is 0 Å². The van der Waals surface area contributed by atoms with Gasteiger partial charge in [0.2, 0.25) is 5.95 Å². The van der Waals surface area contributed by atoms with Gasteiger partial charge in [0.1, 0.15) is 0 Å². The maximum atomic E-state index is 13.0. The minimum Gasteiger partial charge on any atom is -0.310 e. The van der Waals surface area contributed by atoms with Crippen LogP contribution in [0, 0.1) is 13.8 Å². The van der Waals surface area contributed by atoms with Gasteiger partial charge in [-0.25, -0.2) is 4.79 Å². The highest BCUT2D eigenvalue weighted by Gasteiger charge is 2.28. The summed E-state index contributed by atoms with van der Waals surface area (Å²) >= 11 is 0. The molecule has 7 heteroatoms. The van der Waals surface area contributed by atoms with Crippen LogP contribution in [0.15, 0.2) is 39.9 Å². The molecule has 0 N–H and O–H groups in total. The van der Waals surface area contributed by atoms with Gasteiger partial charge in [-0.1, -0.05) is 18.2 Å². The van der Waals surface area contributed by atoms with Crippen molar-refractivity contribution in [2.45, 2.75) is 33.9 Å². The Kier molecular flexibility index (Phi) is 3.83. The molecule has 2 aromatic heterocycles. The third kappa shape index (κ3) is 2.53. The lowest BCUT2D eigenvalue weighted by atomic mass is 10.1. The summed E-state index contributed by atoms with van der Waals surface area (Å²) in [5.74, 6) is 0.702. The quantitative estimate of drug-likeness (QED) is 0.668. The molecule has 140 valence electrons. The highest BCUT2D eigenvalue weighted by Crippen LogP contribution is 2.32. The first-order valence-electron chi connectivity index (χ1n) is 8.99. The molecule has 3 aromatic rings. The maximum absolute atomic E-state index is 13.0. The molecule has 0 saturated carbocycles. The van der Waals surface area contributed by atoms with Crippen molar-refractivity contribution in [3.63, 3.8) is 0 Å². The summed E-state index contributed by atoms with van der Waals surface area (Å²) in [6.07, 6.45) is 0. The minimum absolute atomic E-state index is 0.211. The predicted molar refractivity (Wildman–Crippen MR) is 107 cm³/mol. The van der Waals surface area contributed by atoms with Crippen molar-refractivity contribution in [1.29, 1.82) is 0 Å². The van der Waals surface area contributed by atoms with Crippen LogP contribution in [0.3, 0.4) is 0 Å². The van der Waals surface area contributed by atoms with E-state index in [2.05, 4.69) is 48.5 Å². The summed E-state index contributed by atoms with van der Waals surface area (Å²) in [7, 11) is 1.65. The zero-order valence-electron chi connectivity index (χ0n) is 16.1. The van der Waals surface area contributed by atoms with E-state index in [-0.39, 0.29) is 17.8 Å². The van der Waals surface area contributed by atoms with Crippen LogP contribution in [0.1, 0.15) is 18.1 Å². The third-order valence-electron chi connectivity index (χ3n) is 5.23. The normalized spacial score (nSPS) is 13.4. The van der Waals surface area contributed by atoms with Crippen LogP contribution >= 0.6 is 0 Å². The Morgan fingerprint density at radius 1 is 1.19 bits per heavy atom. The Morgan fingerprint density at radius 3 is 2.59 bits per heavy atom. The van der Waals surface area contributed by atoms with E-state index in [1.165, 1.54) is 20.3 Å². The molecular formula is C20H23N5O2. The highest BCUT2D eigenvalue weighted by atomic mass is 16.2. The van der Waals surface area contributed by atoms with E-state index < -0.39 is 0 Å². The lowest BCUT2D eigenvalue weighted by Crippen LogP contribution is -2.39. The number of fused-ring (bicyclic) bond motifs is 3. The van der Waals surface area contributed by atoms with Crippen LogP contribution in [-0.2, 0) is 20.1 Å². The summed E-state index contributed by atoms with van der Waals surface area (Å²) in [5, 5.41) is 0. The van der Waals surface area contributed by atoms with Crippen molar-refractivity contribution < 1.29 is 0 Å². The fraction of sp³-hybridized carbons (Fsp3) is 0.350. The van der Waals surface area contributed by atoms with Gasteiger partial charge in [0.25, 0.3) is 5.56 Å². The van der Waals surface area contributed by atoms with Gasteiger partial charge in [-0.2, -0.15) is 4.98 Å². The van der Waals surface area contributed by atoms with Gasteiger partial charge in [-0.3, -0.25) is 13.9 Å². The molecule has 1 aliphatic heterocycles. The van der Waals surface area contributed by atoms with Crippen molar-refractivity contribution in [2.75, 3.05) is 11.4 Å². The van der Waals surface area contributed by atoms with Gasteiger partial charge >= 0.3 is 5.69 Å². The number of anilines is 2. The zero-order valence-corrected chi connectivity index (χ0v) is 16.1. The molecule has 27 heavy (non-hydrogen) atoms. The molecule has 7 nitrogen and oxygen atoms in total. The van der Waals surface area contributed by atoms with E-state index in [0.29, 0.717) is 23.7 Å². The van der Waals surface area contributed by atoms with Crippen molar-refractivity contribution >= 4 is 22.8 Å². The maximum Gasteiger partial charge on any atom is 0.332 e. The molecule has 0 atom stereocenters. The van der Waals surface area contributed by atoms with Gasteiger partial charge in [0.05, 0.1) is 6.54 Å². The van der Waals surface area contributed by atoms with Crippen LogP contribution in [0.4, 0.5) is 11.6 Å². The van der Waals surface area contributed by atoms with E-state index in [1.54, 1.807) is 14.0 Å². The number of rotatable bonds is 3. The van der Waals surface area contributed by atoms with E-state index in [4.69, 9.17) is 0 Å². The van der Waals surface area contributed by atoms with Crippen molar-refractivity contribution in [3.8, 4) is 0 Å². The zero-order chi connectivity index (χ0) is 19.5. The first-order chi connectivity index (χ1) is 12.8. The smallest absolute Gasteiger partial charge is 0.310 e. The van der Waals surface area contributed by atoms with Crippen molar-refractivity contribution in [3.05, 3.63) is 62.3 Å². The SMILES string of the molecule is C=C(C)Cn1c(=O)c2c(nc3n2CCN3c2ccc(C)c(C)c2)n(C)c1=O. The number of benzene rings is 1. The average Bonchev–Trinajstić information content (AvgIpc) is 3.18. The highest BCUT2D eigenvalue weighted by molar-refractivity contribution is 5.77. The molecule has 0 aliphatic carbocycles. The molecule has 0 spiro atoms. The van der Waals surface area contributed by atoms with Crippen molar-refractivity contribution in [1.82, 2.24) is 18.7 Å². The molecule has 0 bridgehead atoms. The Hall–Kier alpha value is -3.09. The molecular weight excluding hydrogens is 342 g/mol. The van der Waals surface area contributed by atoms with E-state index in [1.807, 2.05) is 4.57 Å². The predicted octanol–water partition coefficient (Wildman–Crippen LogP) is 2.24. The fourth-order valence-electron chi connectivity index (χ4n) is 3.63. The molecule has 1 aromatic carbocycles. The molecule has 0 fully saturated rings. The topological polar surface area (TPSA) is 65.1 Å². The molecule has 0 amide bonds. The molecule has 3 heterocycles. The van der Waals surface area contributed by atoms with Crippen LogP contribution < -0.4 is 16.1 Å². The van der Waals surface area contributed by atoms with E-state index in [0.717, 1.165) is 17.8 Å². The van der Waals surface area contributed by atoms with E-state index in [9.17, 15) is 9.59 Å². The monoisotopic (exact) mass is 365 g/mol. The first kappa shape index (κ1) is 17.3. The second-order valence-corrected chi connectivity index (χ2v) is 7.35. The van der Waals surface area contributed by atoms with E-state index >= 15 is 0 Å². The fourth-order valence-corrected chi connectivity index (χ4v) is 3.63. The number of allylic oxidation sites excluding steroid dienone is 1. The summed E-state index contributed by atoms with van der Waals surface area (Å²) in [4.78, 5) is 32.4. The summed E-state index contributed by atoms with van der Waals surface area (Å²) in [6.45, 7) is 11.4. The number of imidazole rings is 1. The van der Waals surface area contributed by atoms with Crippen molar-refractivity contribution in [2.24, 2.45) is 7.05 Å². The number of nitrogens with zero attached hydrogens (tertiary/aromatic N) is 5. The molecule has 0 radical (unpaired) electrons. The minimum atomic E-state index is -0.370. The second-order valence-electron chi connectivity index (χ2n) is 7.35. The summed E-state index contributed by atoms with van der Waals surface area (Å²) < 4.78 is 4.60. The Labute approximate surface area is 156 Å². The Balaban J connectivity index is 1.95. The summed E-state index contributed by atoms with van der Waals surface area (Å²) in [6, 6.07) is 6.28. The van der Waals surface area contributed by atoms with Crippen LogP contribution in [0.5, 0.6) is 0 Å². The second kappa shape index (κ2) is 5.97. The lowest BCUT2D eigenvalue weighted by Gasteiger charge is -2.17. The van der Waals surface area contributed by atoms with Gasteiger partial charge in [0, 0.05) is 25.8 Å². The lowest BCUT2D eigenvalue weighted by molar-refractivity contribution is 0.647. The average molecular weight is 365 g/mol. The van der Waals surface area contributed by atoms with Gasteiger partial charge in [-0.15, -0.1) is 0 Å². The Bertz CT molecular complexity index is 1210. The molecule has 0 saturated heterocycles. The van der Waals surface area contributed by atoms with Crippen LogP contribution in [0.25, 0.3) is 11.2 Å². The Morgan fingerprint density at radius 2 is 1.93 bits per heavy atom. The van der Waals surface area contributed by atoms with Gasteiger partial charge < -0.3 is 9.47 Å². The molecule has 4 rings (SSSR count). The molecule has 1 aliphatic rings. The summed E-state index contributed by atoms with van der Waals surface area (Å²) in [5.41, 5.74) is 4.45. The largest absolute Gasteiger partial charge is 0.332 e. The first-order valence-corrected chi connectivity index (χ1v) is 8.99. The van der Waals surface area contributed by atoms with Gasteiger partial charge in [0.15, 0.2) is 11.2 Å². The number of hydrogen-bond acceptors (Lipinski definition) is 4. The number of aryl methyl sites for hydroxylation is 3.